The summed E-state index contributed by atoms with van der Waals surface area (Å²) in [6.07, 6.45) is 0.644. The van der Waals surface area contributed by atoms with Crippen LogP contribution in [0.5, 0.6) is 0 Å². The molecule has 2 N–H and O–H groups in total. The molecule has 1 amide bonds. The monoisotopic (exact) mass is 350 g/mol. The Morgan fingerprint density at radius 2 is 1.73 bits per heavy atom. The molecule has 0 radical (unpaired) electrons. The fourth-order valence-corrected chi connectivity index (χ4v) is 3.69. The van der Waals surface area contributed by atoms with Crippen molar-refractivity contribution in [3.8, 4) is 0 Å². The van der Waals surface area contributed by atoms with E-state index in [-0.39, 0.29) is 18.9 Å². The molecule has 6 nitrogen and oxygen atoms in total. The standard InChI is InChI=1S/C20H18N2O4/c23-18(24)11-20(9-13-5-1-2-6-14(13)10-20)19(25)21-12-17-22-15-7-3-4-8-16(15)26-17/h1-8H,9-12H2,(H,21,25)(H,23,24). The Bertz CT molecular complexity index is 934. The molecule has 2 aromatic carbocycles. The average Bonchev–Trinajstić information content (AvgIpc) is 3.19. The summed E-state index contributed by atoms with van der Waals surface area (Å²) >= 11 is 0. The highest BCUT2D eigenvalue weighted by Crippen LogP contribution is 2.40. The molecule has 26 heavy (non-hydrogen) atoms. The van der Waals surface area contributed by atoms with E-state index in [1.807, 2.05) is 48.5 Å². The Morgan fingerprint density at radius 1 is 1.08 bits per heavy atom. The fourth-order valence-electron chi connectivity index (χ4n) is 3.69. The molecule has 1 heterocycles. The van der Waals surface area contributed by atoms with Crippen LogP contribution in [0.25, 0.3) is 11.1 Å². The minimum atomic E-state index is -0.977. The number of nitrogens with one attached hydrogen (secondary N) is 1. The van der Waals surface area contributed by atoms with Crippen LogP contribution in [0, 0.1) is 5.41 Å². The van der Waals surface area contributed by atoms with Crippen molar-refractivity contribution in [2.75, 3.05) is 0 Å². The van der Waals surface area contributed by atoms with E-state index in [0.29, 0.717) is 24.3 Å². The van der Waals surface area contributed by atoms with Crippen molar-refractivity contribution in [2.24, 2.45) is 5.41 Å². The van der Waals surface area contributed by atoms with Crippen molar-refractivity contribution in [2.45, 2.75) is 25.8 Å². The second kappa shape index (κ2) is 6.29. The van der Waals surface area contributed by atoms with Crippen LogP contribution >= 0.6 is 0 Å². The zero-order valence-corrected chi connectivity index (χ0v) is 14.1. The van der Waals surface area contributed by atoms with Crippen molar-refractivity contribution in [1.82, 2.24) is 10.3 Å². The van der Waals surface area contributed by atoms with Gasteiger partial charge in [-0.2, -0.15) is 0 Å². The van der Waals surface area contributed by atoms with Crippen molar-refractivity contribution < 1.29 is 19.1 Å². The molecular formula is C20H18N2O4. The lowest BCUT2D eigenvalue weighted by Crippen LogP contribution is -2.43. The summed E-state index contributed by atoms with van der Waals surface area (Å²) in [5.74, 6) is -0.853. The van der Waals surface area contributed by atoms with Gasteiger partial charge in [0.05, 0.1) is 18.4 Å². The first-order valence-electron chi connectivity index (χ1n) is 8.47. The first-order chi connectivity index (χ1) is 12.6. The number of benzene rings is 2. The molecule has 1 aromatic heterocycles. The fraction of sp³-hybridized carbons (Fsp3) is 0.250. The van der Waals surface area contributed by atoms with Crippen LogP contribution < -0.4 is 5.32 Å². The SMILES string of the molecule is O=C(O)CC1(C(=O)NCc2nc3ccccc3o2)Cc2ccccc2C1. The number of rotatable bonds is 5. The molecule has 0 fully saturated rings. The molecule has 132 valence electrons. The highest BCUT2D eigenvalue weighted by molar-refractivity contribution is 5.88. The third-order valence-corrected chi connectivity index (χ3v) is 4.89. The average molecular weight is 350 g/mol. The molecule has 4 rings (SSSR count). The van der Waals surface area contributed by atoms with Gasteiger partial charge in [0.25, 0.3) is 0 Å². The molecule has 1 aliphatic rings. The normalized spacial score (nSPS) is 14.9. The number of aliphatic carboxylic acids is 1. The molecule has 6 heteroatoms. The van der Waals surface area contributed by atoms with E-state index < -0.39 is 11.4 Å². The number of fused-ring (bicyclic) bond motifs is 2. The van der Waals surface area contributed by atoms with Gasteiger partial charge in [0.1, 0.15) is 5.52 Å². The van der Waals surface area contributed by atoms with E-state index >= 15 is 0 Å². The van der Waals surface area contributed by atoms with Gasteiger partial charge in [0.15, 0.2) is 5.58 Å². The number of oxazole rings is 1. The number of aromatic nitrogens is 1. The van der Waals surface area contributed by atoms with E-state index in [0.717, 1.165) is 16.6 Å². The highest BCUT2D eigenvalue weighted by atomic mass is 16.4. The van der Waals surface area contributed by atoms with Gasteiger partial charge in [-0.15, -0.1) is 0 Å². The van der Waals surface area contributed by atoms with Gasteiger partial charge >= 0.3 is 5.97 Å². The highest BCUT2D eigenvalue weighted by Gasteiger charge is 2.45. The predicted octanol–water partition coefficient (Wildman–Crippen LogP) is 2.70. The number of carbonyl (C=O) groups is 2. The first kappa shape index (κ1) is 16.3. The van der Waals surface area contributed by atoms with Gasteiger partial charge < -0.3 is 14.8 Å². The Balaban J connectivity index is 1.53. The first-order valence-corrected chi connectivity index (χ1v) is 8.47. The van der Waals surface area contributed by atoms with E-state index in [4.69, 9.17) is 4.42 Å². The summed E-state index contributed by atoms with van der Waals surface area (Å²) in [6.45, 7) is 0.130. The van der Waals surface area contributed by atoms with Crippen molar-refractivity contribution in [3.63, 3.8) is 0 Å². The Morgan fingerprint density at radius 3 is 2.38 bits per heavy atom. The molecular weight excluding hydrogens is 332 g/mol. The van der Waals surface area contributed by atoms with Gasteiger partial charge in [0, 0.05) is 0 Å². The maximum Gasteiger partial charge on any atom is 0.304 e. The van der Waals surface area contributed by atoms with Gasteiger partial charge in [-0.25, -0.2) is 4.98 Å². The number of hydrogen-bond acceptors (Lipinski definition) is 4. The van der Waals surface area contributed by atoms with Crippen LogP contribution in [0.1, 0.15) is 23.4 Å². The van der Waals surface area contributed by atoms with E-state index in [1.54, 1.807) is 0 Å². The van der Waals surface area contributed by atoms with Crippen LogP contribution in [0.4, 0.5) is 0 Å². The molecule has 0 saturated heterocycles. The van der Waals surface area contributed by atoms with E-state index in [9.17, 15) is 14.7 Å². The summed E-state index contributed by atoms with van der Waals surface area (Å²) in [7, 11) is 0. The molecule has 0 atom stereocenters. The van der Waals surface area contributed by atoms with Crippen LogP contribution in [-0.4, -0.2) is 22.0 Å². The van der Waals surface area contributed by atoms with Crippen molar-refractivity contribution in [1.29, 1.82) is 0 Å². The molecule has 0 spiro atoms. The van der Waals surface area contributed by atoms with Crippen LogP contribution in [0.3, 0.4) is 0 Å². The number of para-hydroxylation sites is 2. The summed E-state index contributed by atoms with van der Waals surface area (Å²) in [5.41, 5.74) is 2.48. The summed E-state index contributed by atoms with van der Waals surface area (Å²) in [4.78, 5) is 28.6. The Kier molecular flexibility index (Phi) is 3.95. The number of nitrogens with zero attached hydrogens (tertiary/aromatic N) is 1. The predicted molar refractivity (Wildman–Crippen MR) is 94.4 cm³/mol. The maximum atomic E-state index is 12.9. The molecule has 0 unspecified atom stereocenters. The second-order valence-corrected chi connectivity index (χ2v) is 6.73. The second-order valence-electron chi connectivity index (χ2n) is 6.73. The number of carbonyl (C=O) groups excluding carboxylic acids is 1. The Labute approximate surface area is 149 Å². The Hall–Kier alpha value is -3.15. The van der Waals surface area contributed by atoms with E-state index in [2.05, 4.69) is 10.3 Å². The lowest BCUT2D eigenvalue weighted by molar-refractivity contribution is -0.145. The molecule has 0 bridgehead atoms. The zero-order chi connectivity index (χ0) is 18.1. The molecule has 3 aromatic rings. The molecule has 0 saturated carbocycles. The number of amides is 1. The number of carboxylic acid groups (broad SMARTS) is 1. The smallest absolute Gasteiger partial charge is 0.304 e. The lowest BCUT2D eigenvalue weighted by atomic mass is 9.80. The number of hydrogen-bond donors (Lipinski definition) is 2. The third-order valence-electron chi connectivity index (χ3n) is 4.89. The maximum absolute atomic E-state index is 12.9. The van der Waals surface area contributed by atoms with E-state index in [1.165, 1.54) is 0 Å². The van der Waals surface area contributed by atoms with Crippen molar-refractivity contribution in [3.05, 3.63) is 65.5 Å². The summed E-state index contributed by atoms with van der Waals surface area (Å²) in [6, 6.07) is 15.1. The van der Waals surface area contributed by atoms with Crippen molar-refractivity contribution >= 4 is 23.0 Å². The molecule has 1 aliphatic carbocycles. The quantitative estimate of drug-likeness (QED) is 0.738. The largest absolute Gasteiger partial charge is 0.481 e. The minimum absolute atomic E-state index is 0.130. The number of carboxylic acids is 1. The van der Waals surface area contributed by atoms with Crippen LogP contribution in [0.2, 0.25) is 0 Å². The van der Waals surface area contributed by atoms with Crippen LogP contribution in [-0.2, 0) is 29.0 Å². The summed E-state index contributed by atoms with van der Waals surface area (Å²) in [5, 5.41) is 12.2. The minimum Gasteiger partial charge on any atom is -0.481 e. The van der Waals surface area contributed by atoms with Crippen LogP contribution in [0.15, 0.2) is 52.9 Å². The van der Waals surface area contributed by atoms with Gasteiger partial charge in [-0.3, -0.25) is 9.59 Å². The molecule has 0 aliphatic heterocycles. The van der Waals surface area contributed by atoms with Gasteiger partial charge in [-0.05, 0) is 36.1 Å². The third kappa shape index (κ3) is 2.94. The van der Waals surface area contributed by atoms with Gasteiger partial charge in [-0.1, -0.05) is 36.4 Å². The summed E-state index contributed by atoms with van der Waals surface area (Å²) < 4.78 is 5.61. The topological polar surface area (TPSA) is 92.4 Å². The lowest BCUT2D eigenvalue weighted by Gasteiger charge is -2.25. The van der Waals surface area contributed by atoms with Gasteiger partial charge in [0.2, 0.25) is 11.8 Å². The zero-order valence-electron chi connectivity index (χ0n) is 14.1.